The number of hydrogen-bond acceptors (Lipinski definition) is 6. The van der Waals surface area contributed by atoms with Crippen LogP contribution in [-0.2, 0) is 0 Å². The molecule has 0 unspecified atom stereocenters. The summed E-state index contributed by atoms with van der Waals surface area (Å²) in [5, 5.41) is 15.3. The maximum absolute atomic E-state index is 5.94. The predicted molar refractivity (Wildman–Crippen MR) is 95.6 cm³/mol. The number of nitrogens with two attached hydrogens (primary N) is 1. The highest BCUT2D eigenvalue weighted by molar-refractivity contribution is 5.63. The Morgan fingerprint density at radius 2 is 1.96 bits per heavy atom. The first-order valence-corrected chi connectivity index (χ1v) is 8.39. The molecule has 0 spiro atoms. The molecule has 0 aliphatic carbocycles. The van der Waals surface area contributed by atoms with Gasteiger partial charge in [-0.3, -0.25) is 5.10 Å². The van der Waals surface area contributed by atoms with Gasteiger partial charge in [-0.1, -0.05) is 12.1 Å². The summed E-state index contributed by atoms with van der Waals surface area (Å²) in [6.07, 6.45) is 5.60. The summed E-state index contributed by atoms with van der Waals surface area (Å²) in [4.78, 5) is 2.21. The van der Waals surface area contributed by atoms with E-state index < -0.39 is 0 Å². The molecule has 3 N–H and O–H groups in total. The molecule has 4 rings (SSSR count). The Balaban J connectivity index is 1.45. The lowest BCUT2D eigenvalue weighted by atomic mass is 10.1. The Bertz CT molecular complexity index is 810. The molecule has 7 heteroatoms. The quantitative estimate of drug-likeness (QED) is 0.761. The number of aromatic nitrogens is 4. The van der Waals surface area contributed by atoms with Crippen molar-refractivity contribution in [2.45, 2.75) is 18.9 Å². The van der Waals surface area contributed by atoms with E-state index in [1.54, 1.807) is 6.20 Å². The van der Waals surface area contributed by atoms with Crippen LogP contribution in [0.3, 0.4) is 0 Å². The van der Waals surface area contributed by atoms with Gasteiger partial charge in [-0.05, 0) is 36.6 Å². The standard InChI is InChI=1S/C18H20N6O/c19-15-6-8-24(9-7-15)17-4-5-18(23-22-17)25-16-3-1-2-13(10-16)14-11-20-21-12-14/h1-5,10-12,15H,6-9,19H2,(H,20,21). The third kappa shape index (κ3) is 3.61. The molecule has 3 aromatic rings. The predicted octanol–water partition coefficient (Wildman–Crippen LogP) is 2.59. The minimum absolute atomic E-state index is 0.300. The molecule has 2 aromatic heterocycles. The average Bonchev–Trinajstić information content (AvgIpc) is 3.18. The molecule has 1 aromatic carbocycles. The molecule has 1 fully saturated rings. The maximum atomic E-state index is 5.94. The molecule has 128 valence electrons. The number of rotatable bonds is 4. The Morgan fingerprint density at radius 1 is 1.08 bits per heavy atom. The number of nitrogens with one attached hydrogen (secondary N) is 1. The van der Waals surface area contributed by atoms with Crippen molar-refractivity contribution in [1.29, 1.82) is 0 Å². The number of benzene rings is 1. The number of anilines is 1. The van der Waals surface area contributed by atoms with Crippen molar-refractivity contribution in [2.24, 2.45) is 5.73 Å². The summed E-state index contributed by atoms with van der Waals surface area (Å²) in [6.45, 7) is 1.84. The second-order valence-corrected chi connectivity index (χ2v) is 6.17. The summed E-state index contributed by atoms with van der Waals surface area (Å²) >= 11 is 0. The molecule has 0 atom stereocenters. The Hall–Kier alpha value is -2.93. The zero-order chi connectivity index (χ0) is 17.1. The van der Waals surface area contributed by atoms with Gasteiger partial charge in [0.05, 0.1) is 6.20 Å². The van der Waals surface area contributed by atoms with Crippen molar-refractivity contribution in [1.82, 2.24) is 20.4 Å². The number of hydrogen-bond donors (Lipinski definition) is 2. The first-order valence-electron chi connectivity index (χ1n) is 8.39. The number of ether oxygens (including phenoxy) is 1. The molecule has 0 saturated carbocycles. The molecule has 3 heterocycles. The molecule has 1 aliphatic heterocycles. The van der Waals surface area contributed by atoms with E-state index in [9.17, 15) is 0 Å². The van der Waals surface area contributed by atoms with E-state index in [0.717, 1.165) is 42.9 Å². The van der Waals surface area contributed by atoms with Crippen molar-refractivity contribution in [3.63, 3.8) is 0 Å². The minimum atomic E-state index is 0.300. The SMILES string of the molecule is NC1CCN(c2ccc(Oc3cccc(-c4cn[nH]c4)c3)nn2)CC1. The van der Waals surface area contributed by atoms with Gasteiger partial charge in [-0.2, -0.15) is 5.10 Å². The zero-order valence-electron chi connectivity index (χ0n) is 13.8. The van der Waals surface area contributed by atoms with Gasteiger partial charge in [0.1, 0.15) is 5.75 Å². The zero-order valence-corrected chi connectivity index (χ0v) is 13.8. The summed E-state index contributed by atoms with van der Waals surface area (Å²) < 4.78 is 5.83. The van der Waals surface area contributed by atoms with Gasteiger partial charge in [-0.25, -0.2) is 0 Å². The van der Waals surface area contributed by atoms with E-state index in [1.807, 2.05) is 42.6 Å². The van der Waals surface area contributed by atoms with Gasteiger partial charge in [-0.15, -0.1) is 10.2 Å². The fourth-order valence-electron chi connectivity index (χ4n) is 2.93. The van der Waals surface area contributed by atoms with Gasteiger partial charge >= 0.3 is 0 Å². The van der Waals surface area contributed by atoms with Crippen molar-refractivity contribution < 1.29 is 4.74 Å². The van der Waals surface area contributed by atoms with Crippen LogP contribution in [0.15, 0.2) is 48.8 Å². The van der Waals surface area contributed by atoms with Crippen LogP contribution in [0.5, 0.6) is 11.6 Å². The lowest BCUT2D eigenvalue weighted by Gasteiger charge is -2.30. The number of nitrogens with zero attached hydrogens (tertiary/aromatic N) is 4. The topological polar surface area (TPSA) is 92.9 Å². The molecule has 0 amide bonds. The Morgan fingerprint density at radius 3 is 2.68 bits per heavy atom. The molecule has 0 bridgehead atoms. The van der Waals surface area contributed by atoms with Gasteiger partial charge in [0.15, 0.2) is 5.82 Å². The van der Waals surface area contributed by atoms with Crippen LogP contribution in [-0.4, -0.2) is 39.5 Å². The molecular weight excluding hydrogens is 316 g/mol. The fourth-order valence-corrected chi connectivity index (χ4v) is 2.93. The average molecular weight is 336 g/mol. The van der Waals surface area contributed by atoms with Gasteiger partial charge in [0.25, 0.3) is 0 Å². The summed E-state index contributed by atoms with van der Waals surface area (Å²) in [7, 11) is 0. The second kappa shape index (κ2) is 6.90. The van der Waals surface area contributed by atoms with E-state index in [1.165, 1.54) is 0 Å². The third-order valence-corrected chi connectivity index (χ3v) is 4.38. The van der Waals surface area contributed by atoms with Crippen LogP contribution in [0.2, 0.25) is 0 Å². The van der Waals surface area contributed by atoms with E-state index in [0.29, 0.717) is 17.7 Å². The number of piperidine rings is 1. The number of H-pyrrole nitrogens is 1. The minimum Gasteiger partial charge on any atom is -0.438 e. The molecule has 0 radical (unpaired) electrons. The molecular formula is C18H20N6O. The fraction of sp³-hybridized carbons (Fsp3) is 0.278. The largest absolute Gasteiger partial charge is 0.438 e. The van der Waals surface area contributed by atoms with Crippen molar-refractivity contribution in [3.8, 4) is 22.8 Å². The first kappa shape index (κ1) is 15.6. The van der Waals surface area contributed by atoms with Gasteiger partial charge in [0, 0.05) is 37.0 Å². The van der Waals surface area contributed by atoms with Gasteiger partial charge < -0.3 is 15.4 Å². The van der Waals surface area contributed by atoms with Gasteiger partial charge in [0.2, 0.25) is 5.88 Å². The van der Waals surface area contributed by atoms with Crippen LogP contribution >= 0.6 is 0 Å². The van der Waals surface area contributed by atoms with Crippen LogP contribution < -0.4 is 15.4 Å². The van der Waals surface area contributed by atoms with E-state index in [-0.39, 0.29) is 0 Å². The second-order valence-electron chi connectivity index (χ2n) is 6.17. The highest BCUT2D eigenvalue weighted by Gasteiger charge is 2.17. The first-order chi connectivity index (χ1) is 12.3. The summed E-state index contributed by atoms with van der Waals surface area (Å²) in [6, 6.07) is 11.9. The highest BCUT2D eigenvalue weighted by Crippen LogP contribution is 2.26. The Labute approximate surface area is 145 Å². The molecule has 1 aliphatic rings. The van der Waals surface area contributed by atoms with Crippen LogP contribution in [0.4, 0.5) is 5.82 Å². The number of aromatic amines is 1. The van der Waals surface area contributed by atoms with Crippen LogP contribution in [0, 0.1) is 0 Å². The van der Waals surface area contributed by atoms with Crippen LogP contribution in [0.25, 0.3) is 11.1 Å². The summed E-state index contributed by atoms with van der Waals surface area (Å²) in [5.41, 5.74) is 7.98. The summed E-state index contributed by atoms with van der Waals surface area (Å²) in [5.74, 6) is 2.05. The molecule has 25 heavy (non-hydrogen) atoms. The smallest absolute Gasteiger partial charge is 0.238 e. The van der Waals surface area contributed by atoms with E-state index in [2.05, 4.69) is 25.3 Å². The van der Waals surface area contributed by atoms with Crippen molar-refractivity contribution >= 4 is 5.82 Å². The molecule has 7 nitrogen and oxygen atoms in total. The van der Waals surface area contributed by atoms with Crippen molar-refractivity contribution in [2.75, 3.05) is 18.0 Å². The third-order valence-electron chi connectivity index (χ3n) is 4.38. The van der Waals surface area contributed by atoms with Crippen LogP contribution in [0.1, 0.15) is 12.8 Å². The normalized spacial score (nSPS) is 15.3. The van der Waals surface area contributed by atoms with Crippen molar-refractivity contribution in [3.05, 3.63) is 48.8 Å². The lowest BCUT2D eigenvalue weighted by Crippen LogP contribution is -2.40. The monoisotopic (exact) mass is 336 g/mol. The lowest BCUT2D eigenvalue weighted by molar-refractivity contribution is 0.453. The highest BCUT2D eigenvalue weighted by atomic mass is 16.5. The van der Waals surface area contributed by atoms with E-state index >= 15 is 0 Å². The maximum Gasteiger partial charge on any atom is 0.238 e. The Kier molecular flexibility index (Phi) is 4.30. The molecule has 1 saturated heterocycles. The van der Waals surface area contributed by atoms with E-state index in [4.69, 9.17) is 10.5 Å².